The molecule has 2 fully saturated rings. The lowest BCUT2D eigenvalue weighted by atomic mass is 10.1. The number of hydrazone groups is 1. The van der Waals surface area contributed by atoms with E-state index in [2.05, 4.69) is 36.4 Å². The number of aromatic nitrogens is 3. The summed E-state index contributed by atoms with van der Waals surface area (Å²) < 4.78 is 5.46. The van der Waals surface area contributed by atoms with Crippen molar-refractivity contribution >= 4 is 34.9 Å². The Kier molecular flexibility index (Phi) is 5.78. The fourth-order valence-electron chi connectivity index (χ4n) is 3.22. The Morgan fingerprint density at radius 1 is 1.04 bits per heavy atom. The van der Waals surface area contributed by atoms with Gasteiger partial charge in [-0.05, 0) is 37.6 Å². The van der Waals surface area contributed by atoms with Gasteiger partial charge < -0.3 is 14.5 Å². The minimum atomic E-state index is 0.489. The third-order valence-corrected chi connectivity index (χ3v) is 5.72. The van der Waals surface area contributed by atoms with Crippen LogP contribution in [0.4, 0.5) is 17.8 Å². The van der Waals surface area contributed by atoms with Crippen molar-refractivity contribution in [3.05, 3.63) is 22.4 Å². The third kappa shape index (κ3) is 4.54. The fourth-order valence-corrected chi connectivity index (χ4v) is 3.89. The SMILES string of the molecule is CC(=NNc1nc(N2CCCCC2)nc(N2CCOCC2)n1)c1cccs1. The summed E-state index contributed by atoms with van der Waals surface area (Å²) in [7, 11) is 0. The van der Waals surface area contributed by atoms with E-state index in [9.17, 15) is 0 Å². The first kappa shape index (κ1) is 18.1. The van der Waals surface area contributed by atoms with E-state index < -0.39 is 0 Å². The normalized spacial score (nSPS) is 18.6. The summed E-state index contributed by atoms with van der Waals surface area (Å²) in [4.78, 5) is 19.5. The lowest BCUT2D eigenvalue weighted by Gasteiger charge is -2.30. The molecule has 0 atom stereocenters. The van der Waals surface area contributed by atoms with Gasteiger partial charge in [0.2, 0.25) is 17.8 Å². The van der Waals surface area contributed by atoms with Crippen LogP contribution in [-0.2, 0) is 4.74 Å². The van der Waals surface area contributed by atoms with Gasteiger partial charge in [-0.15, -0.1) is 11.3 Å². The van der Waals surface area contributed by atoms with Gasteiger partial charge in [0.25, 0.3) is 0 Å². The molecule has 27 heavy (non-hydrogen) atoms. The van der Waals surface area contributed by atoms with Gasteiger partial charge in [0.15, 0.2) is 0 Å². The average molecular weight is 388 g/mol. The number of morpholine rings is 1. The predicted octanol–water partition coefficient (Wildman–Crippen LogP) is 2.60. The zero-order valence-corrected chi connectivity index (χ0v) is 16.4. The van der Waals surface area contributed by atoms with Crippen molar-refractivity contribution in [2.24, 2.45) is 5.10 Å². The highest BCUT2D eigenvalue weighted by Gasteiger charge is 2.20. The summed E-state index contributed by atoms with van der Waals surface area (Å²) >= 11 is 1.66. The molecule has 0 aromatic carbocycles. The van der Waals surface area contributed by atoms with Crippen LogP contribution in [0, 0.1) is 0 Å². The number of hydrogen-bond donors (Lipinski definition) is 1. The van der Waals surface area contributed by atoms with Gasteiger partial charge in [-0.1, -0.05) is 6.07 Å². The van der Waals surface area contributed by atoms with Gasteiger partial charge in [-0.25, -0.2) is 5.43 Å². The number of nitrogens with zero attached hydrogens (tertiary/aromatic N) is 6. The van der Waals surface area contributed by atoms with E-state index in [0.29, 0.717) is 25.1 Å². The summed E-state index contributed by atoms with van der Waals surface area (Å²) in [5, 5.41) is 6.52. The van der Waals surface area contributed by atoms with Crippen LogP contribution in [-0.4, -0.2) is 60.1 Å². The Morgan fingerprint density at radius 3 is 2.41 bits per heavy atom. The summed E-state index contributed by atoms with van der Waals surface area (Å²) in [6.07, 6.45) is 3.63. The summed E-state index contributed by atoms with van der Waals surface area (Å²) in [6.45, 7) is 6.94. The summed E-state index contributed by atoms with van der Waals surface area (Å²) in [6, 6.07) is 4.07. The highest BCUT2D eigenvalue weighted by molar-refractivity contribution is 7.12. The maximum absolute atomic E-state index is 5.46. The molecule has 4 heterocycles. The molecule has 2 aromatic rings. The van der Waals surface area contributed by atoms with Crippen molar-refractivity contribution in [1.82, 2.24) is 15.0 Å². The van der Waals surface area contributed by atoms with Crippen molar-refractivity contribution in [1.29, 1.82) is 0 Å². The quantitative estimate of drug-likeness (QED) is 0.624. The van der Waals surface area contributed by atoms with E-state index >= 15 is 0 Å². The van der Waals surface area contributed by atoms with E-state index in [1.807, 2.05) is 18.4 Å². The molecule has 0 saturated carbocycles. The first-order valence-electron chi connectivity index (χ1n) is 9.47. The smallest absolute Gasteiger partial charge is 0.250 e. The van der Waals surface area contributed by atoms with E-state index in [1.54, 1.807) is 11.3 Å². The molecule has 0 amide bonds. The molecule has 2 aliphatic rings. The second-order valence-corrected chi connectivity index (χ2v) is 7.64. The van der Waals surface area contributed by atoms with E-state index in [-0.39, 0.29) is 0 Å². The zero-order valence-electron chi connectivity index (χ0n) is 15.6. The lowest BCUT2D eigenvalue weighted by molar-refractivity contribution is 0.122. The minimum Gasteiger partial charge on any atom is -0.378 e. The Morgan fingerprint density at radius 2 is 1.74 bits per heavy atom. The molecule has 9 heteroatoms. The summed E-state index contributed by atoms with van der Waals surface area (Å²) in [5.74, 6) is 1.92. The second-order valence-electron chi connectivity index (χ2n) is 6.69. The molecule has 0 spiro atoms. The van der Waals surface area contributed by atoms with E-state index in [4.69, 9.17) is 9.72 Å². The molecule has 8 nitrogen and oxygen atoms in total. The van der Waals surface area contributed by atoms with Gasteiger partial charge in [0, 0.05) is 31.1 Å². The van der Waals surface area contributed by atoms with Crippen molar-refractivity contribution in [2.45, 2.75) is 26.2 Å². The Labute approximate surface area is 163 Å². The predicted molar refractivity (Wildman–Crippen MR) is 109 cm³/mol. The van der Waals surface area contributed by atoms with Crippen molar-refractivity contribution in [3.8, 4) is 0 Å². The van der Waals surface area contributed by atoms with Crippen LogP contribution in [0.5, 0.6) is 0 Å². The number of ether oxygens (including phenoxy) is 1. The monoisotopic (exact) mass is 387 g/mol. The van der Waals surface area contributed by atoms with Crippen LogP contribution in [0.1, 0.15) is 31.1 Å². The van der Waals surface area contributed by atoms with Crippen LogP contribution in [0.15, 0.2) is 22.6 Å². The molecule has 0 radical (unpaired) electrons. The molecular formula is C18H25N7OS. The topological polar surface area (TPSA) is 78.8 Å². The van der Waals surface area contributed by atoms with Crippen molar-refractivity contribution in [2.75, 3.05) is 54.6 Å². The largest absolute Gasteiger partial charge is 0.378 e. The van der Waals surface area contributed by atoms with Crippen LogP contribution < -0.4 is 15.2 Å². The van der Waals surface area contributed by atoms with Crippen LogP contribution >= 0.6 is 11.3 Å². The fraction of sp³-hybridized carbons (Fsp3) is 0.556. The molecular weight excluding hydrogens is 362 g/mol. The van der Waals surface area contributed by atoms with Gasteiger partial charge in [-0.3, -0.25) is 0 Å². The van der Waals surface area contributed by atoms with E-state index in [0.717, 1.165) is 42.7 Å². The van der Waals surface area contributed by atoms with Gasteiger partial charge in [0.05, 0.1) is 18.9 Å². The zero-order chi connectivity index (χ0) is 18.5. The molecule has 2 aliphatic heterocycles. The first-order valence-corrected chi connectivity index (χ1v) is 10.4. The molecule has 144 valence electrons. The highest BCUT2D eigenvalue weighted by atomic mass is 32.1. The molecule has 4 rings (SSSR count). The average Bonchev–Trinajstić information content (AvgIpc) is 3.28. The van der Waals surface area contributed by atoms with Gasteiger partial charge >= 0.3 is 0 Å². The van der Waals surface area contributed by atoms with Crippen molar-refractivity contribution in [3.63, 3.8) is 0 Å². The lowest BCUT2D eigenvalue weighted by Crippen LogP contribution is -2.38. The van der Waals surface area contributed by atoms with Crippen LogP contribution in [0.25, 0.3) is 0 Å². The Hall–Kier alpha value is -2.26. The highest BCUT2D eigenvalue weighted by Crippen LogP contribution is 2.21. The standard InChI is InChI=1S/C18H25N7OS/c1-14(15-6-5-13-27-15)22-23-16-19-17(24-7-3-2-4-8-24)21-18(20-16)25-9-11-26-12-10-25/h5-6,13H,2-4,7-12H2,1H3,(H,19,20,21,23). The number of hydrogen-bond acceptors (Lipinski definition) is 9. The van der Waals surface area contributed by atoms with Crippen LogP contribution in [0.2, 0.25) is 0 Å². The molecule has 0 aliphatic carbocycles. The van der Waals surface area contributed by atoms with Gasteiger partial charge in [-0.2, -0.15) is 20.1 Å². The molecule has 0 bridgehead atoms. The molecule has 1 N–H and O–H groups in total. The van der Waals surface area contributed by atoms with Crippen LogP contribution in [0.3, 0.4) is 0 Å². The molecule has 2 aromatic heterocycles. The maximum Gasteiger partial charge on any atom is 0.250 e. The third-order valence-electron chi connectivity index (χ3n) is 4.75. The Balaban J connectivity index is 1.59. The number of nitrogens with one attached hydrogen (secondary N) is 1. The molecule has 2 saturated heterocycles. The number of anilines is 3. The maximum atomic E-state index is 5.46. The summed E-state index contributed by atoms with van der Waals surface area (Å²) in [5.41, 5.74) is 3.95. The van der Waals surface area contributed by atoms with E-state index in [1.165, 1.54) is 19.3 Å². The minimum absolute atomic E-state index is 0.489. The van der Waals surface area contributed by atoms with Gasteiger partial charge in [0.1, 0.15) is 0 Å². The number of rotatable bonds is 5. The van der Waals surface area contributed by atoms with Crippen molar-refractivity contribution < 1.29 is 4.74 Å². The molecule has 0 unspecified atom stereocenters. The first-order chi connectivity index (χ1) is 13.3. The number of piperidine rings is 1. The number of thiophene rings is 1. The second kappa shape index (κ2) is 8.62. The Bertz CT molecular complexity index is 732.